The Kier molecular flexibility index (Phi) is 6.45. The quantitative estimate of drug-likeness (QED) is 0.549. The minimum absolute atomic E-state index is 0.132. The number of anilines is 2. The molecule has 0 aromatic heterocycles. The molecule has 2 aromatic carbocycles. The van der Waals surface area contributed by atoms with E-state index in [0.29, 0.717) is 22.5 Å². The number of carbonyl (C=O) groups excluding carboxylic acids is 2. The number of nitrogens with two attached hydrogens (primary N) is 1. The van der Waals surface area contributed by atoms with Crippen LogP contribution in [0, 0.1) is 12.3 Å². The Morgan fingerprint density at radius 2 is 1.86 bits per heavy atom. The molecule has 6 heteroatoms. The fraction of sp³-hybridized carbons (Fsp3) is 0.273. The molecule has 4 N–H and O–H groups in total. The van der Waals surface area contributed by atoms with Crippen molar-refractivity contribution in [3.8, 4) is 12.3 Å². The maximum atomic E-state index is 13.2. The van der Waals surface area contributed by atoms with Gasteiger partial charge >= 0.3 is 5.91 Å². The van der Waals surface area contributed by atoms with Gasteiger partial charge in [-0.15, -0.1) is 6.42 Å². The van der Waals surface area contributed by atoms with Gasteiger partial charge in [-0.2, -0.15) is 0 Å². The lowest BCUT2D eigenvalue weighted by Crippen LogP contribution is -2.49. The van der Waals surface area contributed by atoms with Crippen LogP contribution in [0.15, 0.2) is 48.5 Å². The minimum atomic E-state index is -1.01. The standard InChI is InChI=1S/C22H25N3O3/c1-5-19(27)25(18-11-9-15(14-26)10-12-18)20(21(28)24-22(2,3)4)16-7-6-8-17(23)13-16/h1,6-13,20,26H,14,23H2,2-4H3,(H,24,28). The molecular formula is C22H25N3O3. The third kappa shape index (κ3) is 5.12. The van der Waals surface area contributed by atoms with Gasteiger partial charge in [-0.1, -0.05) is 24.3 Å². The number of benzene rings is 2. The smallest absolute Gasteiger partial charge is 0.303 e. The summed E-state index contributed by atoms with van der Waals surface area (Å²) in [7, 11) is 0. The molecule has 0 heterocycles. The van der Waals surface area contributed by atoms with Gasteiger partial charge in [0.1, 0.15) is 6.04 Å². The highest BCUT2D eigenvalue weighted by Gasteiger charge is 2.34. The topological polar surface area (TPSA) is 95.7 Å². The predicted molar refractivity (Wildman–Crippen MR) is 110 cm³/mol. The molecule has 0 aliphatic heterocycles. The zero-order chi connectivity index (χ0) is 20.9. The van der Waals surface area contributed by atoms with Crippen molar-refractivity contribution in [3.63, 3.8) is 0 Å². The van der Waals surface area contributed by atoms with Crippen LogP contribution in [0.25, 0.3) is 0 Å². The highest BCUT2D eigenvalue weighted by Crippen LogP contribution is 2.30. The molecule has 2 rings (SSSR count). The van der Waals surface area contributed by atoms with Crippen molar-refractivity contribution in [1.29, 1.82) is 0 Å². The van der Waals surface area contributed by atoms with E-state index in [9.17, 15) is 14.7 Å². The molecule has 0 aliphatic rings. The molecule has 0 saturated carbocycles. The Hall–Kier alpha value is -3.30. The van der Waals surface area contributed by atoms with Crippen molar-refractivity contribution in [3.05, 3.63) is 59.7 Å². The van der Waals surface area contributed by atoms with Gasteiger partial charge in [0.15, 0.2) is 0 Å². The zero-order valence-corrected chi connectivity index (χ0v) is 16.3. The number of hydrogen-bond acceptors (Lipinski definition) is 4. The van der Waals surface area contributed by atoms with Crippen LogP contribution in [0.3, 0.4) is 0 Å². The summed E-state index contributed by atoms with van der Waals surface area (Å²) in [6, 6.07) is 12.4. The van der Waals surface area contributed by atoms with Crippen molar-refractivity contribution < 1.29 is 14.7 Å². The number of carbonyl (C=O) groups is 2. The predicted octanol–water partition coefficient (Wildman–Crippen LogP) is 2.38. The van der Waals surface area contributed by atoms with Gasteiger partial charge in [0, 0.05) is 16.9 Å². The van der Waals surface area contributed by atoms with Crippen molar-refractivity contribution in [2.75, 3.05) is 10.6 Å². The number of hydrogen-bond donors (Lipinski definition) is 3. The lowest BCUT2D eigenvalue weighted by molar-refractivity contribution is -0.126. The second-order valence-corrected chi connectivity index (χ2v) is 7.46. The first-order valence-electron chi connectivity index (χ1n) is 8.83. The van der Waals surface area contributed by atoms with Crippen LogP contribution in [0.1, 0.15) is 37.9 Å². The fourth-order valence-corrected chi connectivity index (χ4v) is 2.80. The number of nitrogens with zero attached hydrogens (tertiary/aromatic N) is 1. The molecule has 1 atom stereocenters. The van der Waals surface area contributed by atoms with E-state index in [1.807, 2.05) is 20.8 Å². The normalized spacial score (nSPS) is 12.0. The second kappa shape index (κ2) is 8.59. The molecule has 28 heavy (non-hydrogen) atoms. The lowest BCUT2D eigenvalue weighted by Gasteiger charge is -2.32. The number of rotatable bonds is 5. The van der Waals surface area contributed by atoms with Crippen LogP contribution in [0.4, 0.5) is 11.4 Å². The van der Waals surface area contributed by atoms with Gasteiger partial charge in [-0.3, -0.25) is 14.5 Å². The van der Waals surface area contributed by atoms with Gasteiger partial charge in [0.25, 0.3) is 0 Å². The maximum absolute atomic E-state index is 13.2. The van der Waals surface area contributed by atoms with E-state index in [1.165, 1.54) is 4.90 Å². The Morgan fingerprint density at radius 3 is 2.36 bits per heavy atom. The molecule has 146 valence electrons. The number of nitrogens with one attached hydrogen (secondary N) is 1. The monoisotopic (exact) mass is 379 g/mol. The number of nitrogen functional groups attached to an aromatic ring is 1. The Bertz CT molecular complexity index is 892. The summed E-state index contributed by atoms with van der Waals surface area (Å²) < 4.78 is 0. The number of aliphatic hydroxyl groups is 1. The van der Waals surface area contributed by atoms with Crippen LogP contribution >= 0.6 is 0 Å². The van der Waals surface area contributed by atoms with Crippen LogP contribution in [-0.4, -0.2) is 22.5 Å². The summed E-state index contributed by atoms with van der Waals surface area (Å²) in [5.74, 6) is 1.06. The van der Waals surface area contributed by atoms with Crippen molar-refractivity contribution >= 4 is 23.2 Å². The molecular weight excluding hydrogens is 354 g/mol. The summed E-state index contributed by atoms with van der Waals surface area (Å²) in [6.07, 6.45) is 5.40. The average molecular weight is 379 g/mol. The average Bonchev–Trinajstić information content (AvgIpc) is 2.64. The molecule has 0 aliphatic carbocycles. The van der Waals surface area contributed by atoms with Crippen molar-refractivity contribution in [2.45, 2.75) is 39.0 Å². The number of amides is 2. The second-order valence-electron chi connectivity index (χ2n) is 7.46. The summed E-state index contributed by atoms with van der Waals surface area (Å²) in [5.41, 5.74) is 7.52. The minimum Gasteiger partial charge on any atom is -0.399 e. The fourth-order valence-electron chi connectivity index (χ4n) is 2.80. The molecule has 2 aromatic rings. The zero-order valence-electron chi connectivity index (χ0n) is 16.3. The molecule has 0 radical (unpaired) electrons. The third-order valence-corrected chi connectivity index (χ3v) is 3.97. The van der Waals surface area contributed by atoms with Gasteiger partial charge in [-0.05, 0) is 62.1 Å². The lowest BCUT2D eigenvalue weighted by atomic mass is 10.00. The summed E-state index contributed by atoms with van der Waals surface area (Å²) >= 11 is 0. The molecule has 0 fully saturated rings. The van der Waals surface area contributed by atoms with Gasteiger partial charge in [0.05, 0.1) is 6.61 Å². The van der Waals surface area contributed by atoms with Crippen LogP contribution in [-0.2, 0) is 16.2 Å². The highest BCUT2D eigenvalue weighted by molar-refractivity contribution is 6.09. The van der Waals surface area contributed by atoms with E-state index in [4.69, 9.17) is 12.2 Å². The Balaban J connectivity index is 2.62. The van der Waals surface area contributed by atoms with Crippen LogP contribution in [0.5, 0.6) is 0 Å². The Morgan fingerprint density at radius 1 is 1.21 bits per heavy atom. The van der Waals surface area contributed by atoms with E-state index in [0.717, 1.165) is 0 Å². The molecule has 0 spiro atoms. The summed E-state index contributed by atoms with van der Waals surface area (Å²) in [5, 5.41) is 12.2. The molecule has 0 saturated heterocycles. The van der Waals surface area contributed by atoms with Crippen LogP contribution in [0.2, 0.25) is 0 Å². The first kappa shape index (κ1) is 21.0. The van der Waals surface area contributed by atoms with Gasteiger partial charge in [0.2, 0.25) is 5.91 Å². The SMILES string of the molecule is C#CC(=O)N(c1ccc(CO)cc1)C(C(=O)NC(C)(C)C)c1cccc(N)c1. The third-order valence-electron chi connectivity index (χ3n) is 3.97. The first-order chi connectivity index (χ1) is 13.2. The van der Waals surface area contributed by atoms with Crippen molar-refractivity contribution in [1.82, 2.24) is 5.32 Å². The number of terminal acetylenes is 1. The van der Waals surface area contributed by atoms with Gasteiger partial charge < -0.3 is 16.2 Å². The van der Waals surface area contributed by atoms with Gasteiger partial charge in [-0.25, -0.2) is 0 Å². The van der Waals surface area contributed by atoms with Crippen LogP contribution < -0.4 is 16.0 Å². The van der Waals surface area contributed by atoms with E-state index in [1.54, 1.807) is 48.5 Å². The summed E-state index contributed by atoms with van der Waals surface area (Å²) in [4.78, 5) is 27.1. The maximum Gasteiger partial charge on any atom is 0.303 e. The molecule has 2 amide bonds. The van der Waals surface area contributed by atoms with E-state index in [-0.39, 0.29) is 12.5 Å². The molecule has 0 bridgehead atoms. The number of aliphatic hydroxyl groups excluding tert-OH is 1. The Labute approximate surface area is 165 Å². The van der Waals surface area contributed by atoms with E-state index >= 15 is 0 Å². The first-order valence-corrected chi connectivity index (χ1v) is 8.83. The van der Waals surface area contributed by atoms with E-state index < -0.39 is 17.5 Å². The largest absolute Gasteiger partial charge is 0.399 e. The summed E-state index contributed by atoms with van der Waals surface area (Å²) in [6.45, 7) is 5.42. The molecule has 6 nitrogen and oxygen atoms in total. The highest BCUT2D eigenvalue weighted by atomic mass is 16.3. The molecule has 1 unspecified atom stereocenters. The van der Waals surface area contributed by atoms with Crippen molar-refractivity contribution in [2.24, 2.45) is 0 Å². The van der Waals surface area contributed by atoms with E-state index in [2.05, 4.69) is 11.2 Å².